The van der Waals surface area contributed by atoms with Gasteiger partial charge in [-0.15, -0.1) is 0 Å². The molecular weight excluding hydrogens is 189 g/mol. The minimum absolute atomic E-state index is 0.145. The number of rotatable bonds is 3. The Kier molecular flexibility index (Phi) is 4.02. The van der Waals surface area contributed by atoms with Gasteiger partial charge in [-0.3, -0.25) is 0 Å². The number of carbonyl (C=O) groups is 1. The normalized spacial score (nSPS) is 18.5. The Hall–Kier alpha value is -0.680. The van der Waals surface area contributed by atoms with E-state index < -0.39 is 23.5 Å². The molecule has 0 aromatic carbocycles. The molecule has 0 aliphatic heterocycles. The summed E-state index contributed by atoms with van der Waals surface area (Å²) in [6.07, 6.45) is 0.145. The number of halogens is 1. The number of nitrogens with two attached hydrogens (primary N) is 1. The van der Waals surface area contributed by atoms with E-state index in [0.29, 0.717) is 0 Å². The number of ether oxygens (including phenoxy) is 1. The van der Waals surface area contributed by atoms with Gasteiger partial charge in [-0.2, -0.15) is 4.39 Å². The summed E-state index contributed by atoms with van der Waals surface area (Å²) in [5.74, 6) is -4.44. The summed E-state index contributed by atoms with van der Waals surface area (Å²) in [5.41, 5.74) is 4.40. The molecule has 0 aromatic heterocycles. The first-order chi connectivity index (χ1) is 6.11. The Morgan fingerprint density at radius 2 is 2.00 bits per heavy atom. The topological polar surface area (TPSA) is 72.5 Å². The fourth-order valence-electron chi connectivity index (χ4n) is 0.772. The third-order valence-corrected chi connectivity index (χ3v) is 1.62. The molecule has 84 valence electrons. The van der Waals surface area contributed by atoms with Crippen LogP contribution >= 0.6 is 0 Å². The summed E-state index contributed by atoms with van der Waals surface area (Å²) in [4.78, 5) is 11.2. The molecule has 4 nitrogen and oxygen atoms in total. The summed E-state index contributed by atoms with van der Waals surface area (Å²) >= 11 is 0. The Morgan fingerprint density at radius 3 is 2.29 bits per heavy atom. The van der Waals surface area contributed by atoms with Crippen LogP contribution in [0, 0.1) is 0 Å². The zero-order chi connectivity index (χ0) is 11.6. The van der Waals surface area contributed by atoms with Crippen LogP contribution in [0.1, 0.15) is 34.1 Å². The standard InChI is InChI=1S/C9H18FNO3/c1-5-6(11)9(10,13)7(12)14-8(2,3)4/h6,13H,5,11H2,1-4H3. The summed E-state index contributed by atoms with van der Waals surface area (Å²) < 4.78 is 18.0. The van der Waals surface area contributed by atoms with Crippen molar-refractivity contribution < 1.29 is 19.0 Å². The van der Waals surface area contributed by atoms with Crippen LogP contribution in [0.15, 0.2) is 0 Å². The van der Waals surface area contributed by atoms with Crippen molar-refractivity contribution in [2.45, 2.75) is 51.6 Å². The van der Waals surface area contributed by atoms with Crippen LogP contribution in [-0.4, -0.2) is 28.6 Å². The molecule has 0 amide bonds. The van der Waals surface area contributed by atoms with Crippen LogP contribution < -0.4 is 5.73 Å². The largest absolute Gasteiger partial charge is 0.456 e. The van der Waals surface area contributed by atoms with Gasteiger partial charge < -0.3 is 15.6 Å². The molecule has 2 atom stereocenters. The minimum atomic E-state index is -3.11. The van der Waals surface area contributed by atoms with Gasteiger partial charge in [0.15, 0.2) is 0 Å². The highest BCUT2D eigenvalue weighted by atomic mass is 19.2. The lowest BCUT2D eigenvalue weighted by molar-refractivity contribution is -0.202. The van der Waals surface area contributed by atoms with Gasteiger partial charge in [0.05, 0.1) is 6.04 Å². The van der Waals surface area contributed by atoms with Crippen molar-refractivity contribution >= 4 is 5.97 Å². The van der Waals surface area contributed by atoms with Crippen molar-refractivity contribution in [1.82, 2.24) is 0 Å². The van der Waals surface area contributed by atoms with Gasteiger partial charge >= 0.3 is 11.8 Å². The van der Waals surface area contributed by atoms with Crippen molar-refractivity contribution in [3.63, 3.8) is 0 Å². The lowest BCUT2D eigenvalue weighted by atomic mass is 10.1. The fourth-order valence-corrected chi connectivity index (χ4v) is 0.772. The van der Waals surface area contributed by atoms with Crippen LogP contribution in [0.3, 0.4) is 0 Å². The van der Waals surface area contributed by atoms with Gasteiger partial charge in [0.2, 0.25) is 0 Å². The molecule has 0 spiro atoms. The number of carbonyl (C=O) groups excluding carboxylic acids is 1. The highest BCUT2D eigenvalue weighted by Crippen LogP contribution is 2.19. The van der Waals surface area contributed by atoms with Gasteiger partial charge in [0, 0.05) is 0 Å². The molecule has 5 heteroatoms. The fraction of sp³-hybridized carbons (Fsp3) is 0.889. The van der Waals surface area contributed by atoms with E-state index in [1.165, 1.54) is 0 Å². The van der Waals surface area contributed by atoms with E-state index in [0.717, 1.165) is 0 Å². The summed E-state index contributed by atoms with van der Waals surface area (Å²) in [6, 6.07) is -1.27. The number of hydrogen-bond acceptors (Lipinski definition) is 4. The lowest BCUT2D eigenvalue weighted by Crippen LogP contribution is -2.52. The van der Waals surface area contributed by atoms with Gasteiger partial charge in [-0.05, 0) is 27.2 Å². The molecule has 0 saturated heterocycles. The molecule has 0 aliphatic carbocycles. The Morgan fingerprint density at radius 1 is 1.57 bits per heavy atom. The van der Waals surface area contributed by atoms with Crippen molar-refractivity contribution in [3.05, 3.63) is 0 Å². The molecular formula is C9H18FNO3. The Bertz CT molecular complexity index is 211. The maximum atomic E-state index is 13.4. The average Bonchev–Trinajstić information content (AvgIpc) is 1.99. The summed E-state index contributed by atoms with van der Waals surface area (Å²) in [5, 5.41) is 9.15. The van der Waals surface area contributed by atoms with E-state index >= 15 is 0 Å². The molecule has 0 radical (unpaired) electrons. The SMILES string of the molecule is CCC(N)C(O)(F)C(=O)OC(C)(C)C. The van der Waals surface area contributed by atoms with Crippen LogP contribution in [0.25, 0.3) is 0 Å². The van der Waals surface area contributed by atoms with Crippen molar-refractivity contribution in [1.29, 1.82) is 0 Å². The lowest BCUT2D eigenvalue weighted by Gasteiger charge is -2.27. The molecule has 0 aromatic rings. The van der Waals surface area contributed by atoms with Crippen molar-refractivity contribution in [2.24, 2.45) is 5.73 Å². The number of aliphatic hydroxyl groups is 1. The molecule has 0 aliphatic rings. The second-order valence-corrected chi connectivity index (χ2v) is 4.19. The molecule has 3 N–H and O–H groups in total. The number of esters is 1. The molecule has 0 rings (SSSR count). The molecule has 0 bridgehead atoms. The van der Waals surface area contributed by atoms with Crippen molar-refractivity contribution in [2.75, 3.05) is 0 Å². The molecule has 14 heavy (non-hydrogen) atoms. The smallest absolute Gasteiger partial charge is 0.374 e. The van der Waals surface area contributed by atoms with Crippen LogP contribution in [0.4, 0.5) is 4.39 Å². The molecule has 2 unspecified atom stereocenters. The summed E-state index contributed by atoms with van der Waals surface area (Å²) in [7, 11) is 0. The summed E-state index contributed by atoms with van der Waals surface area (Å²) in [6.45, 7) is 6.31. The van der Waals surface area contributed by atoms with Crippen LogP contribution in [0.5, 0.6) is 0 Å². The maximum Gasteiger partial charge on any atom is 0.374 e. The zero-order valence-corrected chi connectivity index (χ0v) is 9.00. The van der Waals surface area contributed by atoms with E-state index in [4.69, 9.17) is 10.8 Å². The Balaban J connectivity index is 4.52. The zero-order valence-electron chi connectivity index (χ0n) is 9.00. The van der Waals surface area contributed by atoms with E-state index in [1.54, 1.807) is 27.7 Å². The first kappa shape index (κ1) is 13.3. The highest BCUT2D eigenvalue weighted by Gasteiger charge is 2.45. The van der Waals surface area contributed by atoms with Gasteiger partial charge in [0.25, 0.3) is 0 Å². The van der Waals surface area contributed by atoms with Crippen molar-refractivity contribution in [3.8, 4) is 0 Å². The predicted molar refractivity (Wildman–Crippen MR) is 50.2 cm³/mol. The van der Waals surface area contributed by atoms with Gasteiger partial charge in [0.1, 0.15) is 5.60 Å². The average molecular weight is 207 g/mol. The van der Waals surface area contributed by atoms with Crippen LogP contribution in [-0.2, 0) is 9.53 Å². The van der Waals surface area contributed by atoms with E-state index in [9.17, 15) is 9.18 Å². The first-order valence-corrected chi connectivity index (χ1v) is 4.51. The number of hydrogen-bond donors (Lipinski definition) is 2. The van der Waals surface area contributed by atoms with Gasteiger partial charge in [-0.25, -0.2) is 4.79 Å². The predicted octanol–water partition coefficient (Wildman–Crippen LogP) is 0.723. The third kappa shape index (κ3) is 3.59. The maximum absolute atomic E-state index is 13.4. The Labute approximate surface area is 83.2 Å². The van der Waals surface area contributed by atoms with Gasteiger partial charge in [-0.1, -0.05) is 6.92 Å². The second-order valence-electron chi connectivity index (χ2n) is 4.19. The third-order valence-electron chi connectivity index (χ3n) is 1.62. The van der Waals surface area contributed by atoms with E-state index in [2.05, 4.69) is 4.74 Å². The van der Waals surface area contributed by atoms with E-state index in [-0.39, 0.29) is 6.42 Å². The van der Waals surface area contributed by atoms with Crippen LogP contribution in [0.2, 0.25) is 0 Å². The minimum Gasteiger partial charge on any atom is -0.456 e. The number of alkyl halides is 1. The quantitative estimate of drug-likeness (QED) is 0.669. The second kappa shape index (κ2) is 4.23. The molecule has 0 heterocycles. The monoisotopic (exact) mass is 207 g/mol. The highest BCUT2D eigenvalue weighted by molar-refractivity contribution is 5.78. The van der Waals surface area contributed by atoms with E-state index in [1.807, 2.05) is 0 Å². The first-order valence-electron chi connectivity index (χ1n) is 4.51. The molecule has 0 fully saturated rings. The molecule has 0 saturated carbocycles.